The van der Waals surface area contributed by atoms with E-state index < -0.39 is 0 Å². The molecule has 0 unspecified atom stereocenters. The van der Waals surface area contributed by atoms with Crippen LogP contribution in [0.2, 0.25) is 0 Å². The van der Waals surface area contributed by atoms with Crippen molar-refractivity contribution in [1.82, 2.24) is 4.90 Å². The normalized spacial score (nSPS) is 15.6. The number of methoxy groups -OCH3 is 3. The van der Waals surface area contributed by atoms with Crippen molar-refractivity contribution in [2.75, 3.05) is 27.9 Å². The van der Waals surface area contributed by atoms with Crippen LogP contribution in [-0.2, 0) is 6.42 Å². The lowest BCUT2D eigenvalue weighted by Gasteiger charge is -2.37. The van der Waals surface area contributed by atoms with E-state index in [1.165, 1.54) is 5.56 Å². The minimum absolute atomic E-state index is 0.0114. The molecule has 6 heteroatoms. The number of carbonyl (C=O) groups excluding carboxylic acids is 1. The molecule has 0 bridgehead atoms. The Hall–Kier alpha value is -2.99. The van der Waals surface area contributed by atoms with E-state index in [-0.39, 0.29) is 11.9 Å². The van der Waals surface area contributed by atoms with Crippen LogP contribution in [0.1, 0.15) is 32.4 Å². The molecule has 0 saturated heterocycles. The molecule has 2 aromatic carbocycles. The van der Waals surface area contributed by atoms with Gasteiger partial charge in [-0.3, -0.25) is 4.79 Å². The Morgan fingerprint density at radius 2 is 1.79 bits per heavy atom. The van der Waals surface area contributed by atoms with Gasteiger partial charge in [0.25, 0.3) is 5.91 Å². The van der Waals surface area contributed by atoms with Crippen molar-refractivity contribution in [3.63, 3.8) is 0 Å². The highest BCUT2D eigenvalue weighted by Gasteiger charge is 2.34. The predicted octanol–water partition coefficient (Wildman–Crippen LogP) is 4.56. The first-order valence-corrected chi connectivity index (χ1v) is 10.3. The molecule has 3 aromatic rings. The van der Waals surface area contributed by atoms with E-state index in [1.54, 1.807) is 38.7 Å². The fourth-order valence-corrected chi connectivity index (χ4v) is 4.69. The number of carbonyl (C=O) groups is 1. The van der Waals surface area contributed by atoms with Gasteiger partial charge in [-0.15, -0.1) is 11.3 Å². The van der Waals surface area contributed by atoms with Crippen LogP contribution in [0, 0.1) is 0 Å². The van der Waals surface area contributed by atoms with Crippen molar-refractivity contribution in [1.29, 1.82) is 0 Å². The number of amides is 1. The molecule has 0 N–H and O–H groups in total. The van der Waals surface area contributed by atoms with E-state index in [9.17, 15) is 4.79 Å². The maximum Gasteiger partial charge on any atom is 0.254 e. The molecule has 150 valence electrons. The summed E-state index contributed by atoms with van der Waals surface area (Å²) in [6.45, 7) is 0.626. The molecular formula is C23H23NO4S. The van der Waals surface area contributed by atoms with Crippen molar-refractivity contribution in [2.45, 2.75) is 12.5 Å². The zero-order chi connectivity index (χ0) is 20.4. The Morgan fingerprint density at radius 1 is 1.00 bits per heavy atom. The molecule has 1 aliphatic heterocycles. The third kappa shape index (κ3) is 3.56. The lowest BCUT2D eigenvalue weighted by Crippen LogP contribution is -2.40. The van der Waals surface area contributed by atoms with Crippen LogP contribution in [0.5, 0.6) is 17.2 Å². The molecule has 0 fully saturated rings. The summed E-state index contributed by atoms with van der Waals surface area (Å²) in [5.41, 5.74) is 2.87. The Morgan fingerprint density at radius 3 is 2.48 bits per heavy atom. The van der Waals surface area contributed by atoms with Crippen LogP contribution in [0.25, 0.3) is 0 Å². The monoisotopic (exact) mass is 409 g/mol. The van der Waals surface area contributed by atoms with Crippen molar-refractivity contribution < 1.29 is 19.0 Å². The van der Waals surface area contributed by atoms with Crippen LogP contribution in [0.15, 0.2) is 53.9 Å². The smallest absolute Gasteiger partial charge is 0.254 e. The van der Waals surface area contributed by atoms with Crippen LogP contribution < -0.4 is 14.2 Å². The standard InChI is InChI=1S/C23H23NO4S/c1-26-17-7-4-6-16(12-17)23(25)24-10-9-15-13-19(27-2)20(28-3)14-18(15)22(24)21-8-5-11-29-21/h4-8,11-14,22H,9-10H2,1-3H3/t22-/m1/s1. The van der Waals surface area contributed by atoms with E-state index in [4.69, 9.17) is 14.2 Å². The third-order valence-corrected chi connectivity index (χ3v) is 6.19. The number of hydrogen-bond donors (Lipinski definition) is 0. The number of nitrogens with zero attached hydrogens (tertiary/aromatic N) is 1. The summed E-state index contributed by atoms with van der Waals surface area (Å²) in [6.07, 6.45) is 0.757. The topological polar surface area (TPSA) is 48.0 Å². The number of rotatable bonds is 5. The molecule has 0 saturated carbocycles. The minimum atomic E-state index is -0.169. The van der Waals surface area contributed by atoms with Gasteiger partial charge in [0.05, 0.1) is 27.4 Å². The highest BCUT2D eigenvalue weighted by Crippen LogP contribution is 2.42. The van der Waals surface area contributed by atoms with E-state index in [1.807, 2.05) is 46.7 Å². The highest BCUT2D eigenvalue weighted by molar-refractivity contribution is 7.10. The van der Waals surface area contributed by atoms with Gasteiger partial charge in [-0.1, -0.05) is 12.1 Å². The maximum absolute atomic E-state index is 13.5. The average molecular weight is 410 g/mol. The predicted molar refractivity (Wildman–Crippen MR) is 113 cm³/mol. The van der Waals surface area contributed by atoms with Gasteiger partial charge in [0.2, 0.25) is 0 Å². The molecule has 4 rings (SSSR count). The molecule has 5 nitrogen and oxygen atoms in total. The number of hydrogen-bond acceptors (Lipinski definition) is 5. The fraction of sp³-hybridized carbons (Fsp3) is 0.261. The third-order valence-electron chi connectivity index (χ3n) is 5.26. The number of benzene rings is 2. The summed E-state index contributed by atoms with van der Waals surface area (Å²) in [5, 5.41) is 2.04. The summed E-state index contributed by atoms with van der Waals surface area (Å²) < 4.78 is 16.3. The molecule has 0 aliphatic carbocycles. The number of thiophene rings is 1. The molecule has 1 aromatic heterocycles. The lowest BCUT2D eigenvalue weighted by molar-refractivity contribution is 0.0696. The van der Waals surface area contributed by atoms with Gasteiger partial charge in [0, 0.05) is 17.0 Å². The SMILES string of the molecule is COc1cccc(C(=O)N2CCc3cc(OC)c(OC)cc3[C@@H]2c2cccs2)c1. The first-order chi connectivity index (χ1) is 14.2. The molecule has 1 amide bonds. The van der Waals surface area contributed by atoms with Crippen LogP contribution in [0.3, 0.4) is 0 Å². The minimum Gasteiger partial charge on any atom is -0.497 e. The van der Waals surface area contributed by atoms with Gasteiger partial charge >= 0.3 is 0 Å². The first kappa shape index (κ1) is 19.3. The van der Waals surface area contributed by atoms with E-state index >= 15 is 0 Å². The summed E-state index contributed by atoms with van der Waals surface area (Å²) in [6, 6.07) is 15.3. The van der Waals surface area contributed by atoms with Crippen molar-refractivity contribution >= 4 is 17.2 Å². The quantitative estimate of drug-likeness (QED) is 0.620. The Kier molecular flexibility index (Phi) is 5.45. The van der Waals surface area contributed by atoms with Crippen molar-refractivity contribution in [3.05, 3.63) is 75.5 Å². The van der Waals surface area contributed by atoms with Gasteiger partial charge in [0.15, 0.2) is 11.5 Å². The number of ether oxygens (including phenoxy) is 3. The van der Waals surface area contributed by atoms with Crippen molar-refractivity contribution in [2.24, 2.45) is 0 Å². The van der Waals surface area contributed by atoms with E-state index in [2.05, 4.69) is 6.07 Å². The highest BCUT2D eigenvalue weighted by atomic mass is 32.1. The summed E-state index contributed by atoms with van der Waals surface area (Å²) in [4.78, 5) is 16.5. The summed E-state index contributed by atoms with van der Waals surface area (Å²) in [5.74, 6) is 2.04. The molecular weight excluding hydrogens is 386 g/mol. The van der Waals surface area contributed by atoms with E-state index in [0.717, 1.165) is 16.9 Å². The second-order valence-corrected chi connectivity index (χ2v) is 7.78. The zero-order valence-corrected chi connectivity index (χ0v) is 17.5. The zero-order valence-electron chi connectivity index (χ0n) is 16.7. The van der Waals surface area contributed by atoms with Gasteiger partial charge < -0.3 is 19.1 Å². The Labute approximate surface area is 174 Å². The molecule has 1 atom stereocenters. The average Bonchev–Trinajstić information content (AvgIpc) is 3.31. The van der Waals surface area contributed by atoms with Gasteiger partial charge in [0.1, 0.15) is 5.75 Å². The van der Waals surface area contributed by atoms with Crippen LogP contribution in [-0.4, -0.2) is 38.7 Å². The van der Waals surface area contributed by atoms with Gasteiger partial charge in [-0.2, -0.15) is 0 Å². The molecule has 2 heterocycles. The van der Waals surface area contributed by atoms with Gasteiger partial charge in [-0.25, -0.2) is 0 Å². The molecule has 0 spiro atoms. The van der Waals surface area contributed by atoms with Crippen molar-refractivity contribution in [3.8, 4) is 17.2 Å². The largest absolute Gasteiger partial charge is 0.497 e. The number of fused-ring (bicyclic) bond motifs is 1. The lowest BCUT2D eigenvalue weighted by atomic mass is 9.90. The first-order valence-electron chi connectivity index (χ1n) is 9.39. The van der Waals surface area contributed by atoms with Crippen LogP contribution >= 0.6 is 11.3 Å². The van der Waals surface area contributed by atoms with Gasteiger partial charge in [-0.05, 0) is 59.3 Å². The summed E-state index contributed by atoms with van der Waals surface area (Å²) in [7, 11) is 4.88. The summed E-state index contributed by atoms with van der Waals surface area (Å²) >= 11 is 1.65. The molecule has 1 aliphatic rings. The van der Waals surface area contributed by atoms with Crippen LogP contribution in [0.4, 0.5) is 0 Å². The Bertz CT molecular complexity index is 1020. The maximum atomic E-state index is 13.5. The Balaban J connectivity index is 1.80. The fourth-order valence-electron chi connectivity index (χ4n) is 3.84. The van der Waals surface area contributed by atoms with E-state index in [0.29, 0.717) is 29.4 Å². The molecule has 0 radical (unpaired) electrons. The molecule has 29 heavy (non-hydrogen) atoms. The second-order valence-electron chi connectivity index (χ2n) is 6.80. The second kappa shape index (κ2) is 8.17.